The maximum Gasteiger partial charge on any atom is 0.242 e. The first kappa shape index (κ1) is 14.7. The molecule has 0 bridgehead atoms. The first-order valence-electron chi connectivity index (χ1n) is 5.99. The molecule has 104 valence electrons. The molecule has 0 aromatic heterocycles. The summed E-state index contributed by atoms with van der Waals surface area (Å²) >= 11 is 10.8. The van der Waals surface area contributed by atoms with Gasteiger partial charge in [0.2, 0.25) is 10.0 Å². The van der Waals surface area contributed by atoms with Crippen LogP contribution in [-0.2, 0) is 10.0 Å². The number of halogens is 1. The molecule has 0 heterocycles. The second-order valence-corrected chi connectivity index (χ2v) is 7.22. The summed E-state index contributed by atoms with van der Waals surface area (Å²) < 4.78 is 26.7. The van der Waals surface area contributed by atoms with Crippen molar-refractivity contribution in [2.24, 2.45) is 11.7 Å². The van der Waals surface area contributed by atoms with Crippen molar-refractivity contribution in [2.75, 3.05) is 6.54 Å². The van der Waals surface area contributed by atoms with Gasteiger partial charge in [0.1, 0.15) is 9.88 Å². The Morgan fingerprint density at radius 3 is 2.68 bits per heavy atom. The molecule has 1 saturated carbocycles. The highest BCUT2D eigenvalue weighted by atomic mass is 35.5. The average molecular weight is 319 g/mol. The molecule has 0 aliphatic heterocycles. The van der Waals surface area contributed by atoms with Crippen LogP contribution in [0.25, 0.3) is 0 Å². The molecule has 19 heavy (non-hydrogen) atoms. The van der Waals surface area contributed by atoms with Crippen LogP contribution in [0.1, 0.15) is 24.8 Å². The molecule has 1 aliphatic carbocycles. The topological polar surface area (TPSA) is 72.2 Å². The number of sulfonamides is 1. The van der Waals surface area contributed by atoms with E-state index in [9.17, 15) is 8.42 Å². The lowest BCUT2D eigenvalue weighted by molar-refractivity contribution is 0.575. The summed E-state index contributed by atoms with van der Waals surface area (Å²) in [6, 6.07) is 4.46. The smallest absolute Gasteiger partial charge is 0.242 e. The van der Waals surface area contributed by atoms with Gasteiger partial charge >= 0.3 is 0 Å². The highest BCUT2D eigenvalue weighted by Crippen LogP contribution is 2.32. The van der Waals surface area contributed by atoms with Crippen molar-refractivity contribution in [1.82, 2.24) is 4.72 Å². The molecule has 0 spiro atoms. The van der Waals surface area contributed by atoms with Crippen molar-refractivity contribution in [3.63, 3.8) is 0 Å². The maximum atomic E-state index is 12.1. The molecule has 1 fully saturated rings. The van der Waals surface area contributed by atoms with E-state index in [1.807, 2.05) is 0 Å². The number of nitrogens with two attached hydrogens (primary N) is 1. The third-order valence-electron chi connectivity index (χ3n) is 3.05. The summed E-state index contributed by atoms with van der Waals surface area (Å²) in [5.74, 6) is 0.676. The fourth-order valence-corrected chi connectivity index (χ4v) is 3.47. The molecule has 1 aromatic rings. The Kier molecular flexibility index (Phi) is 4.45. The summed E-state index contributed by atoms with van der Waals surface area (Å²) in [5, 5.41) is 0.129. The van der Waals surface area contributed by atoms with Crippen molar-refractivity contribution in [3.05, 3.63) is 28.8 Å². The Bertz CT molecular complexity index is 598. The molecule has 0 atom stereocenters. The lowest BCUT2D eigenvalue weighted by Gasteiger charge is -2.09. The van der Waals surface area contributed by atoms with E-state index in [4.69, 9.17) is 29.6 Å². The molecule has 3 N–H and O–H groups in total. The van der Waals surface area contributed by atoms with Crippen molar-refractivity contribution in [1.29, 1.82) is 0 Å². The Morgan fingerprint density at radius 1 is 1.47 bits per heavy atom. The molecule has 1 aromatic carbocycles. The third kappa shape index (κ3) is 3.89. The molecule has 2 rings (SSSR count). The largest absolute Gasteiger partial charge is 0.389 e. The van der Waals surface area contributed by atoms with Gasteiger partial charge in [-0.15, -0.1) is 0 Å². The zero-order valence-corrected chi connectivity index (χ0v) is 12.6. The zero-order chi connectivity index (χ0) is 14.0. The molecule has 0 saturated heterocycles. The second kappa shape index (κ2) is 5.75. The van der Waals surface area contributed by atoms with Crippen molar-refractivity contribution in [2.45, 2.75) is 24.2 Å². The number of hydrogen-bond acceptors (Lipinski definition) is 3. The number of benzene rings is 1. The van der Waals surface area contributed by atoms with Crippen LogP contribution < -0.4 is 10.5 Å². The van der Waals surface area contributed by atoms with Gasteiger partial charge in [-0.2, -0.15) is 0 Å². The van der Waals surface area contributed by atoms with Crippen molar-refractivity contribution >= 4 is 38.8 Å². The lowest BCUT2D eigenvalue weighted by Crippen LogP contribution is -2.25. The predicted octanol–water partition coefficient (Wildman–Crippen LogP) is 2.05. The van der Waals surface area contributed by atoms with E-state index in [1.165, 1.54) is 25.0 Å². The fourth-order valence-electron chi connectivity index (χ4n) is 1.75. The van der Waals surface area contributed by atoms with Crippen LogP contribution in [0.15, 0.2) is 23.1 Å². The molecule has 4 nitrogen and oxygen atoms in total. The highest BCUT2D eigenvalue weighted by molar-refractivity contribution is 7.89. The number of nitrogens with one attached hydrogen (secondary N) is 1. The monoisotopic (exact) mass is 318 g/mol. The van der Waals surface area contributed by atoms with E-state index in [2.05, 4.69) is 4.72 Å². The Labute approximate surface area is 123 Å². The minimum atomic E-state index is -3.57. The van der Waals surface area contributed by atoms with Crippen LogP contribution in [0.2, 0.25) is 5.02 Å². The Balaban J connectivity index is 2.12. The normalized spacial score (nSPS) is 15.4. The maximum absolute atomic E-state index is 12.1. The first-order chi connectivity index (χ1) is 8.90. The van der Waals surface area contributed by atoms with Crippen LogP contribution in [0.4, 0.5) is 0 Å². The van der Waals surface area contributed by atoms with E-state index in [0.29, 0.717) is 18.0 Å². The van der Waals surface area contributed by atoms with Gasteiger partial charge in [0, 0.05) is 12.1 Å². The molecule has 7 heteroatoms. The van der Waals surface area contributed by atoms with Crippen LogP contribution in [0.5, 0.6) is 0 Å². The number of rotatable bonds is 6. The Morgan fingerprint density at radius 2 is 2.16 bits per heavy atom. The van der Waals surface area contributed by atoms with Gasteiger partial charge in [0.05, 0.1) is 5.02 Å². The lowest BCUT2D eigenvalue weighted by atomic mass is 10.2. The predicted molar refractivity (Wildman–Crippen MR) is 79.9 cm³/mol. The standard InChI is InChI=1S/C12H15ClN2O2S2/c13-10-7-9(12(14)18)3-4-11(10)19(16,17)15-6-5-8-1-2-8/h3-4,7-8,15H,1-2,5-6H2,(H2,14,18). The molecule has 1 aliphatic rings. The second-order valence-electron chi connectivity index (χ2n) is 4.64. The third-order valence-corrected chi connectivity index (χ3v) is 5.23. The van der Waals surface area contributed by atoms with Crippen molar-refractivity contribution in [3.8, 4) is 0 Å². The summed E-state index contributed by atoms with van der Waals surface area (Å²) in [6.07, 6.45) is 3.28. The molecular formula is C12H15ClN2O2S2. The van der Waals surface area contributed by atoms with E-state index in [1.54, 1.807) is 6.07 Å². The summed E-state index contributed by atoms with van der Waals surface area (Å²) in [5.41, 5.74) is 6.02. The molecular weight excluding hydrogens is 304 g/mol. The van der Waals surface area contributed by atoms with Gasteiger partial charge in [0.25, 0.3) is 0 Å². The SMILES string of the molecule is NC(=S)c1ccc(S(=O)(=O)NCCC2CC2)c(Cl)c1. The zero-order valence-electron chi connectivity index (χ0n) is 10.2. The van der Waals surface area contributed by atoms with E-state index in [0.717, 1.165) is 6.42 Å². The van der Waals surface area contributed by atoms with Gasteiger partial charge in [-0.25, -0.2) is 13.1 Å². The quantitative estimate of drug-likeness (QED) is 0.787. The van der Waals surface area contributed by atoms with Crippen LogP contribution in [0, 0.1) is 5.92 Å². The fraction of sp³-hybridized carbons (Fsp3) is 0.417. The van der Waals surface area contributed by atoms with Gasteiger partial charge < -0.3 is 5.73 Å². The summed E-state index contributed by atoms with van der Waals surface area (Å²) in [4.78, 5) is 0.248. The van der Waals surface area contributed by atoms with Crippen LogP contribution >= 0.6 is 23.8 Å². The molecule has 0 unspecified atom stereocenters. The number of hydrogen-bond donors (Lipinski definition) is 2. The first-order valence-corrected chi connectivity index (χ1v) is 8.26. The molecule has 0 radical (unpaired) electrons. The van der Waals surface area contributed by atoms with Gasteiger partial charge in [-0.1, -0.05) is 42.7 Å². The summed E-state index contributed by atoms with van der Waals surface area (Å²) in [6.45, 7) is 0.445. The number of thiocarbonyl (C=S) groups is 1. The highest BCUT2D eigenvalue weighted by Gasteiger charge is 2.23. The van der Waals surface area contributed by atoms with Crippen LogP contribution in [0.3, 0.4) is 0 Å². The van der Waals surface area contributed by atoms with E-state index < -0.39 is 10.0 Å². The average Bonchev–Trinajstić information content (AvgIpc) is 3.12. The molecule has 0 amide bonds. The minimum Gasteiger partial charge on any atom is -0.389 e. The summed E-state index contributed by atoms with van der Waals surface area (Å²) in [7, 11) is -3.57. The van der Waals surface area contributed by atoms with E-state index in [-0.39, 0.29) is 14.9 Å². The van der Waals surface area contributed by atoms with Crippen LogP contribution in [-0.4, -0.2) is 20.0 Å². The van der Waals surface area contributed by atoms with Gasteiger partial charge in [0.15, 0.2) is 0 Å². The van der Waals surface area contributed by atoms with Gasteiger partial charge in [-0.3, -0.25) is 0 Å². The van der Waals surface area contributed by atoms with E-state index >= 15 is 0 Å². The van der Waals surface area contributed by atoms with Crippen molar-refractivity contribution < 1.29 is 8.42 Å². The Hall–Kier alpha value is -0.690. The van der Waals surface area contributed by atoms with Gasteiger partial charge in [-0.05, 0) is 24.5 Å². The minimum absolute atomic E-state index is 0.0602.